The molecular formula is C14H20O3. The zero-order valence-electron chi connectivity index (χ0n) is 10.4. The van der Waals surface area contributed by atoms with Gasteiger partial charge in [0.15, 0.2) is 0 Å². The van der Waals surface area contributed by atoms with E-state index < -0.39 is 5.60 Å². The Morgan fingerprint density at radius 2 is 2.18 bits per heavy atom. The molecule has 1 atom stereocenters. The SMILES string of the molecule is CC(C)(O)[C@@H]1Cc2cc(CCCO)ccc2O1. The van der Waals surface area contributed by atoms with Crippen LogP contribution in [0.5, 0.6) is 5.75 Å². The van der Waals surface area contributed by atoms with Crippen molar-refractivity contribution in [2.24, 2.45) is 0 Å². The van der Waals surface area contributed by atoms with E-state index in [-0.39, 0.29) is 12.7 Å². The lowest BCUT2D eigenvalue weighted by molar-refractivity contribution is -0.0229. The van der Waals surface area contributed by atoms with Crippen LogP contribution in [-0.4, -0.2) is 28.5 Å². The molecule has 0 aliphatic carbocycles. The summed E-state index contributed by atoms with van der Waals surface area (Å²) in [6.45, 7) is 3.77. The molecule has 3 heteroatoms. The molecule has 1 aliphatic rings. The molecule has 0 saturated heterocycles. The number of hydrogen-bond donors (Lipinski definition) is 2. The standard InChI is InChI=1S/C14H20O3/c1-14(2,16)13-9-11-8-10(4-3-7-15)5-6-12(11)17-13/h5-6,8,13,15-16H,3-4,7,9H2,1-2H3/t13-/m0/s1. The molecule has 0 unspecified atom stereocenters. The Hall–Kier alpha value is -1.06. The van der Waals surface area contributed by atoms with Gasteiger partial charge in [-0.3, -0.25) is 0 Å². The topological polar surface area (TPSA) is 49.7 Å². The molecule has 0 saturated carbocycles. The maximum absolute atomic E-state index is 9.94. The summed E-state index contributed by atoms with van der Waals surface area (Å²) >= 11 is 0. The summed E-state index contributed by atoms with van der Waals surface area (Å²) < 4.78 is 5.73. The number of aryl methyl sites for hydroxylation is 1. The van der Waals surface area contributed by atoms with Crippen molar-refractivity contribution in [2.45, 2.75) is 44.8 Å². The van der Waals surface area contributed by atoms with E-state index in [1.165, 1.54) is 5.56 Å². The van der Waals surface area contributed by atoms with Gasteiger partial charge in [-0.2, -0.15) is 0 Å². The van der Waals surface area contributed by atoms with Crippen LogP contribution >= 0.6 is 0 Å². The number of aliphatic hydroxyl groups excluding tert-OH is 1. The van der Waals surface area contributed by atoms with Crippen molar-refractivity contribution in [3.63, 3.8) is 0 Å². The first-order chi connectivity index (χ1) is 8.00. The monoisotopic (exact) mass is 236 g/mol. The zero-order valence-corrected chi connectivity index (χ0v) is 10.4. The molecule has 0 amide bonds. The lowest BCUT2D eigenvalue weighted by Crippen LogP contribution is -2.39. The first-order valence-corrected chi connectivity index (χ1v) is 6.12. The first kappa shape index (κ1) is 12.4. The molecular weight excluding hydrogens is 216 g/mol. The van der Waals surface area contributed by atoms with Crippen LogP contribution in [0, 0.1) is 0 Å². The van der Waals surface area contributed by atoms with E-state index >= 15 is 0 Å². The van der Waals surface area contributed by atoms with Crippen molar-refractivity contribution in [1.82, 2.24) is 0 Å². The number of benzene rings is 1. The number of rotatable bonds is 4. The van der Waals surface area contributed by atoms with E-state index in [1.54, 1.807) is 13.8 Å². The highest BCUT2D eigenvalue weighted by Gasteiger charge is 2.34. The van der Waals surface area contributed by atoms with Gasteiger partial charge in [0.25, 0.3) is 0 Å². The smallest absolute Gasteiger partial charge is 0.131 e. The Labute approximate surface area is 102 Å². The van der Waals surface area contributed by atoms with Crippen LogP contribution in [0.3, 0.4) is 0 Å². The molecule has 0 radical (unpaired) electrons. The van der Waals surface area contributed by atoms with E-state index in [9.17, 15) is 5.11 Å². The van der Waals surface area contributed by atoms with Gasteiger partial charge in [0.1, 0.15) is 11.9 Å². The summed E-state index contributed by atoms with van der Waals surface area (Å²) in [7, 11) is 0. The fraction of sp³-hybridized carbons (Fsp3) is 0.571. The lowest BCUT2D eigenvalue weighted by atomic mass is 9.96. The first-order valence-electron chi connectivity index (χ1n) is 6.12. The molecule has 2 rings (SSSR count). The van der Waals surface area contributed by atoms with Crippen LogP contribution in [0.1, 0.15) is 31.4 Å². The highest BCUT2D eigenvalue weighted by molar-refractivity contribution is 5.41. The van der Waals surface area contributed by atoms with Gasteiger partial charge >= 0.3 is 0 Å². The lowest BCUT2D eigenvalue weighted by Gasteiger charge is -2.24. The van der Waals surface area contributed by atoms with Crippen LogP contribution in [0.4, 0.5) is 0 Å². The van der Waals surface area contributed by atoms with E-state index in [2.05, 4.69) is 6.07 Å². The third-order valence-corrected chi connectivity index (χ3v) is 3.21. The summed E-state index contributed by atoms with van der Waals surface area (Å²) in [5.74, 6) is 0.880. The van der Waals surface area contributed by atoms with E-state index in [0.29, 0.717) is 0 Å². The van der Waals surface area contributed by atoms with E-state index in [0.717, 1.165) is 30.6 Å². The molecule has 0 aromatic heterocycles. The van der Waals surface area contributed by atoms with E-state index in [1.807, 2.05) is 12.1 Å². The average molecular weight is 236 g/mol. The molecule has 2 N–H and O–H groups in total. The Morgan fingerprint density at radius 1 is 1.41 bits per heavy atom. The van der Waals surface area contributed by atoms with Crippen molar-refractivity contribution >= 4 is 0 Å². The largest absolute Gasteiger partial charge is 0.487 e. The van der Waals surface area contributed by atoms with Gasteiger partial charge in [-0.15, -0.1) is 0 Å². The normalized spacial score (nSPS) is 18.9. The summed E-state index contributed by atoms with van der Waals surface area (Å²) in [5, 5.41) is 18.8. The maximum Gasteiger partial charge on any atom is 0.131 e. The molecule has 1 aromatic carbocycles. The van der Waals surface area contributed by atoms with Crippen molar-refractivity contribution in [3.8, 4) is 5.75 Å². The minimum atomic E-state index is -0.815. The minimum Gasteiger partial charge on any atom is -0.487 e. The van der Waals surface area contributed by atoms with Gasteiger partial charge in [0.2, 0.25) is 0 Å². The Kier molecular flexibility index (Phi) is 3.40. The fourth-order valence-electron chi connectivity index (χ4n) is 2.13. The van der Waals surface area contributed by atoms with Gasteiger partial charge in [-0.05, 0) is 43.9 Å². The van der Waals surface area contributed by atoms with Crippen molar-refractivity contribution < 1.29 is 14.9 Å². The van der Waals surface area contributed by atoms with Crippen LogP contribution in [0.2, 0.25) is 0 Å². The number of fused-ring (bicyclic) bond motifs is 1. The Balaban J connectivity index is 2.11. The van der Waals surface area contributed by atoms with Gasteiger partial charge in [-0.1, -0.05) is 12.1 Å². The highest BCUT2D eigenvalue weighted by atomic mass is 16.5. The maximum atomic E-state index is 9.94. The third-order valence-electron chi connectivity index (χ3n) is 3.21. The number of aliphatic hydroxyl groups is 2. The van der Waals surface area contributed by atoms with Crippen molar-refractivity contribution in [1.29, 1.82) is 0 Å². The molecule has 0 spiro atoms. The molecule has 0 bridgehead atoms. The number of ether oxygens (including phenoxy) is 1. The van der Waals surface area contributed by atoms with Crippen molar-refractivity contribution in [2.75, 3.05) is 6.61 Å². The van der Waals surface area contributed by atoms with Crippen LogP contribution in [0.15, 0.2) is 18.2 Å². The summed E-state index contributed by atoms with van der Waals surface area (Å²) in [6.07, 6.45) is 2.27. The molecule has 1 aromatic rings. The number of hydrogen-bond acceptors (Lipinski definition) is 3. The molecule has 3 nitrogen and oxygen atoms in total. The van der Waals surface area contributed by atoms with Crippen LogP contribution < -0.4 is 4.74 Å². The average Bonchev–Trinajstić information content (AvgIpc) is 2.68. The van der Waals surface area contributed by atoms with E-state index in [4.69, 9.17) is 9.84 Å². The zero-order chi connectivity index (χ0) is 12.5. The second-order valence-corrected chi connectivity index (χ2v) is 5.23. The molecule has 94 valence electrons. The van der Waals surface area contributed by atoms with Gasteiger partial charge in [-0.25, -0.2) is 0 Å². The molecule has 1 aliphatic heterocycles. The predicted octanol–water partition coefficient (Wildman–Crippen LogP) is 1.69. The Morgan fingerprint density at radius 3 is 2.82 bits per heavy atom. The van der Waals surface area contributed by atoms with Crippen LogP contribution in [0.25, 0.3) is 0 Å². The summed E-state index contributed by atoms with van der Waals surface area (Å²) in [6, 6.07) is 6.12. The third kappa shape index (κ3) is 2.79. The highest BCUT2D eigenvalue weighted by Crippen LogP contribution is 2.33. The van der Waals surface area contributed by atoms with Crippen LogP contribution in [-0.2, 0) is 12.8 Å². The van der Waals surface area contributed by atoms with Gasteiger partial charge < -0.3 is 14.9 Å². The molecule has 1 heterocycles. The fourth-order valence-corrected chi connectivity index (χ4v) is 2.13. The van der Waals surface area contributed by atoms with Gasteiger partial charge in [0.05, 0.1) is 5.60 Å². The second-order valence-electron chi connectivity index (χ2n) is 5.23. The predicted molar refractivity (Wildman–Crippen MR) is 66.3 cm³/mol. The quantitative estimate of drug-likeness (QED) is 0.836. The molecule has 17 heavy (non-hydrogen) atoms. The summed E-state index contributed by atoms with van der Waals surface area (Å²) in [4.78, 5) is 0. The second kappa shape index (κ2) is 4.67. The summed E-state index contributed by atoms with van der Waals surface area (Å²) in [5.41, 5.74) is 1.56. The molecule has 0 fully saturated rings. The van der Waals surface area contributed by atoms with Crippen molar-refractivity contribution in [3.05, 3.63) is 29.3 Å². The minimum absolute atomic E-state index is 0.161. The Bertz CT molecular complexity index is 393. The van der Waals surface area contributed by atoms with Gasteiger partial charge in [0, 0.05) is 13.0 Å².